The molecule has 8 heteroatoms. The van der Waals surface area contributed by atoms with Crippen LogP contribution in [0.4, 0.5) is 5.13 Å². The van der Waals surface area contributed by atoms with Gasteiger partial charge in [0.25, 0.3) is 5.91 Å². The minimum absolute atomic E-state index is 0.0818. The molecule has 4 rings (SSSR count). The number of amides is 1. The lowest BCUT2D eigenvalue weighted by Crippen LogP contribution is -2.13. The van der Waals surface area contributed by atoms with E-state index in [0.717, 1.165) is 11.3 Å². The molecule has 0 aliphatic rings. The van der Waals surface area contributed by atoms with E-state index in [1.807, 2.05) is 17.5 Å². The molecule has 0 aliphatic carbocycles. The van der Waals surface area contributed by atoms with Crippen molar-refractivity contribution < 1.29 is 9.32 Å². The van der Waals surface area contributed by atoms with Crippen molar-refractivity contribution in [2.45, 2.75) is 33.1 Å². The summed E-state index contributed by atoms with van der Waals surface area (Å²) in [6, 6.07) is 13.4. The number of hydrogen-bond donors (Lipinski definition) is 1. The average Bonchev–Trinajstić information content (AvgIpc) is 3.34. The van der Waals surface area contributed by atoms with E-state index in [2.05, 4.69) is 48.4 Å². The van der Waals surface area contributed by atoms with E-state index in [9.17, 15) is 4.79 Å². The molecule has 0 saturated carbocycles. The van der Waals surface area contributed by atoms with Crippen molar-refractivity contribution in [3.8, 4) is 22.5 Å². The van der Waals surface area contributed by atoms with Crippen LogP contribution < -0.4 is 5.32 Å². The molecule has 32 heavy (non-hydrogen) atoms. The van der Waals surface area contributed by atoms with Crippen molar-refractivity contribution in [1.29, 1.82) is 0 Å². The van der Waals surface area contributed by atoms with E-state index in [1.54, 1.807) is 25.1 Å². The average molecular weight is 486 g/mol. The van der Waals surface area contributed by atoms with Gasteiger partial charge in [-0.25, -0.2) is 4.98 Å². The van der Waals surface area contributed by atoms with Gasteiger partial charge < -0.3 is 4.52 Å². The zero-order valence-corrected chi connectivity index (χ0v) is 20.3. The first kappa shape index (κ1) is 22.5. The monoisotopic (exact) mass is 485 g/mol. The Morgan fingerprint density at radius 1 is 1.06 bits per heavy atom. The molecule has 0 saturated heterocycles. The van der Waals surface area contributed by atoms with Gasteiger partial charge in [0, 0.05) is 16.5 Å². The van der Waals surface area contributed by atoms with Crippen LogP contribution in [-0.4, -0.2) is 16.0 Å². The number of rotatable bonds is 4. The van der Waals surface area contributed by atoms with Crippen LogP contribution in [0.25, 0.3) is 22.5 Å². The number of halogens is 2. The van der Waals surface area contributed by atoms with Crippen LogP contribution in [0.5, 0.6) is 0 Å². The van der Waals surface area contributed by atoms with Crippen LogP contribution in [0.1, 0.15) is 42.5 Å². The fourth-order valence-electron chi connectivity index (χ4n) is 3.30. The van der Waals surface area contributed by atoms with E-state index in [1.165, 1.54) is 16.9 Å². The van der Waals surface area contributed by atoms with Gasteiger partial charge in [-0.1, -0.05) is 79.5 Å². The Morgan fingerprint density at radius 3 is 2.34 bits per heavy atom. The van der Waals surface area contributed by atoms with Crippen LogP contribution in [0, 0.1) is 6.92 Å². The minimum Gasteiger partial charge on any atom is -0.360 e. The fraction of sp³-hybridized carbons (Fsp3) is 0.208. The zero-order valence-electron chi connectivity index (χ0n) is 18.0. The first-order valence-electron chi connectivity index (χ1n) is 9.93. The van der Waals surface area contributed by atoms with Crippen molar-refractivity contribution in [2.75, 3.05) is 5.32 Å². The maximum atomic E-state index is 13.1. The number of aromatic nitrogens is 2. The molecule has 164 valence electrons. The zero-order chi connectivity index (χ0) is 23.0. The summed E-state index contributed by atoms with van der Waals surface area (Å²) in [4.78, 5) is 17.7. The molecule has 2 heterocycles. The van der Waals surface area contributed by atoms with E-state index in [4.69, 9.17) is 27.7 Å². The molecule has 0 aliphatic heterocycles. The van der Waals surface area contributed by atoms with Crippen LogP contribution in [0.15, 0.2) is 52.4 Å². The highest BCUT2D eigenvalue weighted by molar-refractivity contribution is 7.14. The smallest absolute Gasteiger partial charge is 0.263 e. The number of carbonyl (C=O) groups is 1. The number of anilines is 1. The summed E-state index contributed by atoms with van der Waals surface area (Å²) in [7, 11) is 0. The van der Waals surface area contributed by atoms with Crippen LogP contribution in [0.2, 0.25) is 10.0 Å². The molecule has 0 atom stereocenters. The number of thiazole rings is 1. The van der Waals surface area contributed by atoms with Gasteiger partial charge in [-0.2, -0.15) is 0 Å². The summed E-state index contributed by atoms with van der Waals surface area (Å²) >= 11 is 14.0. The van der Waals surface area contributed by atoms with Crippen molar-refractivity contribution in [3.63, 3.8) is 0 Å². The predicted molar refractivity (Wildman–Crippen MR) is 131 cm³/mol. The molecule has 4 aromatic rings. The summed E-state index contributed by atoms with van der Waals surface area (Å²) < 4.78 is 5.29. The molecule has 0 unspecified atom stereocenters. The second kappa shape index (κ2) is 8.70. The van der Waals surface area contributed by atoms with Gasteiger partial charge >= 0.3 is 0 Å². The molecule has 5 nitrogen and oxygen atoms in total. The second-order valence-corrected chi connectivity index (χ2v) is 10.1. The Morgan fingerprint density at radius 2 is 1.72 bits per heavy atom. The highest BCUT2D eigenvalue weighted by atomic mass is 35.5. The van der Waals surface area contributed by atoms with Crippen LogP contribution >= 0.6 is 34.5 Å². The number of nitrogens with zero attached hydrogens (tertiary/aromatic N) is 2. The maximum Gasteiger partial charge on any atom is 0.263 e. The Bertz CT molecular complexity index is 1270. The Hall–Kier alpha value is -2.67. The lowest BCUT2D eigenvalue weighted by molar-refractivity contribution is 0.102. The molecule has 0 spiro atoms. The molecule has 1 amide bonds. The van der Waals surface area contributed by atoms with Crippen molar-refractivity contribution in [3.05, 3.63) is 74.8 Å². The minimum atomic E-state index is -0.390. The van der Waals surface area contributed by atoms with Crippen molar-refractivity contribution >= 4 is 45.6 Å². The van der Waals surface area contributed by atoms with E-state index in [-0.39, 0.29) is 11.0 Å². The summed E-state index contributed by atoms with van der Waals surface area (Å²) in [5.74, 6) is -0.0262. The summed E-state index contributed by atoms with van der Waals surface area (Å²) in [6.45, 7) is 8.19. The highest BCUT2D eigenvalue weighted by Crippen LogP contribution is 2.37. The third kappa shape index (κ3) is 4.44. The number of aryl methyl sites for hydroxylation is 1. The van der Waals surface area contributed by atoms with E-state index < -0.39 is 5.91 Å². The number of hydrogen-bond acceptors (Lipinski definition) is 5. The number of nitrogens with one attached hydrogen (secondary N) is 1. The Labute approximate surface area is 200 Å². The largest absolute Gasteiger partial charge is 0.360 e. The number of carbonyl (C=O) groups excluding carboxylic acids is 1. The normalized spacial score (nSPS) is 11.6. The molecule has 2 aromatic carbocycles. The summed E-state index contributed by atoms with van der Waals surface area (Å²) in [6.07, 6.45) is 0. The van der Waals surface area contributed by atoms with Crippen LogP contribution in [-0.2, 0) is 5.41 Å². The predicted octanol–water partition coefficient (Wildman–Crippen LogP) is 7.63. The number of benzene rings is 2. The van der Waals surface area contributed by atoms with Crippen molar-refractivity contribution in [2.24, 2.45) is 0 Å². The first-order chi connectivity index (χ1) is 15.1. The molecule has 1 N–H and O–H groups in total. The van der Waals surface area contributed by atoms with E-state index >= 15 is 0 Å². The molecule has 2 aromatic heterocycles. The molecule has 0 radical (unpaired) electrons. The summed E-state index contributed by atoms with van der Waals surface area (Å²) in [5, 5.41) is 10.0. The fourth-order valence-corrected chi connectivity index (χ4v) is 4.59. The van der Waals surface area contributed by atoms with Gasteiger partial charge in [-0.05, 0) is 30.0 Å². The third-order valence-corrected chi connectivity index (χ3v) is 6.45. The van der Waals surface area contributed by atoms with Gasteiger partial charge in [-0.15, -0.1) is 11.3 Å². The quantitative estimate of drug-likeness (QED) is 0.322. The highest BCUT2D eigenvalue weighted by Gasteiger charge is 2.25. The van der Waals surface area contributed by atoms with Gasteiger partial charge in [0.05, 0.1) is 15.7 Å². The molecular formula is C24H21Cl2N3O2S. The molecule has 0 fully saturated rings. The Kier molecular flexibility index (Phi) is 6.12. The third-order valence-electron chi connectivity index (χ3n) is 5.06. The summed E-state index contributed by atoms with van der Waals surface area (Å²) in [5.41, 5.74) is 4.13. The molecule has 0 bridgehead atoms. The second-order valence-electron chi connectivity index (χ2n) is 8.38. The van der Waals surface area contributed by atoms with Gasteiger partial charge in [-0.3, -0.25) is 10.1 Å². The topological polar surface area (TPSA) is 68.0 Å². The molecular weight excluding hydrogens is 465 g/mol. The van der Waals surface area contributed by atoms with E-state index in [0.29, 0.717) is 32.2 Å². The van der Waals surface area contributed by atoms with Gasteiger partial charge in [0.1, 0.15) is 17.0 Å². The van der Waals surface area contributed by atoms with Crippen LogP contribution in [0.3, 0.4) is 0 Å². The lowest BCUT2D eigenvalue weighted by atomic mass is 9.86. The first-order valence-corrected chi connectivity index (χ1v) is 11.6. The standard InChI is InChI=1S/C24H21Cl2N3O2S/c1-13-19(21(29-31-13)20-16(25)6-5-7-17(20)26)22(30)28-23-27-18(12-32-23)14-8-10-15(11-9-14)24(2,3)4/h5-12H,1-4H3,(H,27,28,30). The van der Waals surface area contributed by atoms with Crippen molar-refractivity contribution in [1.82, 2.24) is 10.1 Å². The van der Waals surface area contributed by atoms with Gasteiger partial charge in [0.15, 0.2) is 5.13 Å². The van der Waals surface area contributed by atoms with Gasteiger partial charge in [0.2, 0.25) is 0 Å². The Balaban J connectivity index is 1.59. The maximum absolute atomic E-state index is 13.1. The lowest BCUT2D eigenvalue weighted by Gasteiger charge is -2.18. The SMILES string of the molecule is Cc1onc(-c2c(Cl)cccc2Cl)c1C(=O)Nc1nc(-c2ccc(C(C)(C)C)cc2)cs1.